The molecule has 2 aromatic heterocycles. The molecule has 1 aliphatic rings. The summed E-state index contributed by atoms with van der Waals surface area (Å²) >= 11 is 0. The van der Waals surface area contributed by atoms with E-state index < -0.39 is 0 Å². The first-order valence-electron chi connectivity index (χ1n) is 8.70. The lowest BCUT2D eigenvalue weighted by molar-refractivity contribution is 0.0958. The standard InChI is InChI=1S/C17H21N9O/c1-20-17(27)16-13(23-11-4-2-3-10(19)5-11)6-14(25-26-16)24-15-9-21-12(7-18)8-22-15/h6,8-11H,2-5,19H2,1H3,(H,20,27)(H2,22,23,24,25). The maximum absolute atomic E-state index is 12.1. The molecule has 0 bridgehead atoms. The quantitative estimate of drug-likeness (QED) is 0.603. The average Bonchev–Trinajstić information content (AvgIpc) is 2.68. The molecule has 0 radical (unpaired) electrons. The molecule has 5 N–H and O–H groups in total. The molecule has 0 aromatic carbocycles. The third-order valence-corrected chi connectivity index (χ3v) is 4.33. The van der Waals surface area contributed by atoms with Crippen LogP contribution in [-0.2, 0) is 0 Å². The minimum atomic E-state index is -0.324. The fourth-order valence-electron chi connectivity index (χ4n) is 3.01. The lowest BCUT2D eigenvalue weighted by Gasteiger charge is -2.28. The summed E-state index contributed by atoms with van der Waals surface area (Å²) in [5.74, 6) is 0.501. The molecule has 1 saturated carbocycles. The van der Waals surface area contributed by atoms with Crippen molar-refractivity contribution in [2.24, 2.45) is 5.73 Å². The molecule has 2 aromatic rings. The van der Waals surface area contributed by atoms with Crippen LogP contribution < -0.4 is 21.7 Å². The summed E-state index contributed by atoms with van der Waals surface area (Å²) in [6, 6.07) is 3.94. The highest BCUT2D eigenvalue weighted by Gasteiger charge is 2.22. The Hall–Kier alpha value is -3.32. The summed E-state index contributed by atoms with van der Waals surface area (Å²) in [6.45, 7) is 0. The van der Waals surface area contributed by atoms with Gasteiger partial charge in [-0.25, -0.2) is 9.97 Å². The number of hydrogen-bond acceptors (Lipinski definition) is 9. The van der Waals surface area contributed by atoms with Gasteiger partial charge in [-0.05, 0) is 25.7 Å². The van der Waals surface area contributed by atoms with Crippen LogP contribution in [0.2, 0.25) is 0 Å². The molecule has 1 fully saturated rings. The summed E-state index contributed by atoms with van der Waals surface area (Å²) in [4.78, 5) is 20.2. The average molecular weight is 367 g/mol. The molecule has 2 heterocycles. The number of carbonyl (C=O) groups is 1. The van der Waals surface area contributed by atoms with Crippen LogP contribution in [0.15, 0.2) is 18.5 Å². The molecule has 0 spiro atoms. The molecular formula is C17H21N9O. The number of nitriles is 1. The second-order valence-corrected chi connectivity index (χ2v) is 6.36. The molecule has 0 aliphatic heterocycles. The molecule has 2 atom stereocenters. The van der Waals surface area contributed by atoms with Crippen molar-refractivity contribution in [3.8, 4) is 6.07 Å². The molecular weight excluding hydrogens is 346 g/mol. The predicted molar refractivity (Wildman–Crippen MR) is 99.3 cm³/mol. The summed E-state index contributed by atoms with van der Waals surface area (Å²) < 4.78 is 0. The molecule has 0 saturated heterocycles. The van der Waals surface area contributed by atoms with E-state index in [0.29, 0.717) is 17.3 Å². The van der Waals surface area contributed by atoms with E-state index in [1.807, 2.05) is 6.07 Å². The first kappa shape index (κ1) is 18.5. The Labute approximate surface area is 156 Å². The third-order valence-electron chi connectivity index (χ3n) is 4.33. The Morgan fingerprint density at radius 3 is 2.78 bits per heavy atom. The van der Waals surface area contributed by atoms with Crippen LogP contribution in [0, 0.1) is 11.3 Å². The number of amides is 1. The van der Waals surface area contributed by atoms with Crippen molar-refractivity contribution in [3.63, 3.8) is 0 Å². The van der Waals surface area contributed by atoms with Crippen molar-refractivity contribution in [2.45, 2.75) is 37.8 Å². The van der Waals surface area contributed by atoms with Gasteiger partial charge in [-0.3, -0.25) is 4.79 Å². The van der Waals surface area contributed by atoms with Crippen molar-refractivity contribution in [3.05, 3.63) is 29.8 Å². The van der Waals surface area contributed by atoms with Gasteiger partial charge in [0.25, 0.3) is 5.91 Å². The van der Waals surface area contributed by atoms with E-state index in [9.17, 15) is 4.79 Å². The van der Waals surface area contributed by atoms with Crippen molar-refractivity contribution in [1.29, 1.82) is 5.26 Å². The van der Waals surface area contributed by atoms with Gasteiger partial charge in [0.15, 0.2) is 17.2 Å². The van der Waals surface area contributed by atoms with Gasteiger partial charge < -0.3 is 21.7 Å². The number of nitrogens with two attached hydrogens (primary N) is 1. The summed E-state index contributed by atoms with van der Waals surface area (Å²) in [7, 11) is 1.54. The summed E-state index contributed by atoms with van der Waals surface area (Å²) in [6.07, 6.45) is 6.65. The van der Waals surface area contributed by atoms with Crippen LogP contribution >= 0.6 is 0 Å². The number of nitrogens with zero attached hydrogens (tertiary/aromatic N) is 5. The Balaban J connectivity index is 1.83. The molecule has 10 heteroatoms. The molecule has 27 heavy (non-hydrogen) atoms. The minimum absolute atomic E-state index is 0.154. The van der Waals surface area contributed by atoms with Crippen LogP contribution in [0.3, 0.4) is 0 Å². The maximum atomic E-state index is 12.1. The summed E-state index contributed by atoms with van der Waals surface area (Å²) in [5, 5.41) is 25.8. The second-order valence-electron chi connectivity index (χ2n) is 6.36. The van der Waals surface area contributed by atoms with E-state index in [1.165, 1.54) is 12.4 Å². The van der Waals surface area contributed by atoms with Crippen LogP contribution in [0.4, 0.5) is 17.3 Å². The first-order valence-corrected chi connectivity index (χ1v) is 8.70. The Morgan fingerprint density at radius 2 is 2.11 bits per heavy atom. The Morgan fingerprint density at radius 1 is 1.26 bits per heavy atom. The monoisotopic (exact) mass is 367 g/mol. The van der Waals surface area contributed by atoms with Crippen molar-refractivity contribution in [1.82, 2.24) is 25.5 Å². The number of hydrogen-bond donors (Lipinski definition) is 4. The van der Waals surface area contributed by atoms with E-state index in [1.54, 1.807) is 13.1 Å². The fourth-order valence-corrected chi connectivity index (χ4v) is 3.01. The third kappa shape index (κ3) is 4.65. The molecule has 10 nitrogen and oxygen atoms in total. The highest BCUT2D eigenvalue weighted by atomic mass is 16.1. The van der Waals surface area contributed by atoms with Gasteiger partial charge in [-0.1, -0.05) is 0 Å². The van der Waals surface area contributed by atoms with E-state index in [-0.39, 0.29) is 29.4 Å². The number of nitrogens with one attached hydrogen (secondary N) is 3. The van der Waals surface area contributed by atoms with E-state index in [4.69, 9.17) is 11.0 Å². The summed E-state index contributed by atoms with van der Waals surface area (Å²) in [5.41, 5.74) is 7.07. The number of aromatic nitrogens is 4. The molecule has 1 aliphatic carbocycles. The fraction of sp³-hybridized carbons (Fsp3) is 0.412. The second kappa shape index (κ2) is 8.37. The highest BCUT2D eigenvalue weighted by molar-refractivity contribution is 5.97. The van der Waals surface area contributed by atoms with Gasteiger partial charge in [0.2, 0.25) is 0 Å². The van der Waals surface area contributed by atoms with Gasteiger partial charge in [0, 0.05) is 25.2 Å². The molecule has 3 rings (SSSR count). The molecule has 1 amide bonds. The van der Waals surface area contributed by atoms with Gasteiger partial charge in [-0.15, -0.1) is 10.2 Å². The van der Waals surface area contributed by atoms with Crippen LogP contribution in [0.25, 0.3) is 0 Å². The normalized spacial score (nSPS) is 19.0. The van der Waals surface area contributed by atoms with Gasteiger partial charge in [0.1, 0.15) is 11.9 Å². The zero-order valence-corrected chi connectivity index (χ0v) is 14.9. The smallest absolute Gasteiger partial charge is 0.273 e. The zero-order chi connectivity index (χ0) is 19.2. The molecule has 140 valence electrons. The number of rotatable bonds is 5. The SMILES string of the molecule is CNC(=O)c1nnc(Nc2cnc(C#N)cn2)cc1NC1CCCC(N)C1. The largest absolute Gasteiger partial charge is 0.380 e. The molecule has 2 unspecified atom stereocenters. The zero-order valence-electron chi connectivity index (χ0n) is 14.9. The maximum Gasteiger partial charge on any atom is 0.273 e. The Bertz CT molecular complexity index is 846. The van der Waals surface area contributed by atoms with Crippen molar-refractivity contribution in [2.75, 3.05) is 17.7 Å². The van der Waals surface area contributed by atoms with Crippen molar-refractivity contribution < 1.29 is 4.79 Å². The van der Waals surface area contributed by atoms with E-state index in [2.05, 4.69) is 36.1 Å². The van der Waals surface area contributed by atoms with E-state index >= 15 is 0 Å². The predicted octanol–water partition coefficient (Wildman–Crippen LogP) is 0.923. The lowest BCUT2D eigenvalue weighted by Crippen LogP contribution is -2.35. The first-order chi connectivity index (χ1) is 13.1. The highest BCUT2D eigenvalue weighted by Crippen LogP contribution is 2.24. The Kier molecular flexibility index (Phi) is 5.73. The van der Waals surface area contributed by atoms with Crippen LogP contribution in [0.1, 0.15) is 41.9 Å². The van der Waals surface area contributed by atoms with E-state index in [0.717, 1.165) is 25.7 Å². The van der Waals surface area contributed by atoms with Gasteiger partial charge in [0.05, 0.1) is 18.1 Å². The van der Waals surface area contributed by atoms with Crippen LogP contribution in [0.5, 0.6) is 0 Å². The number of carbonyl (C=O) groups excluding carboxylic acids is 1. The van der Waals surface area contributed by atoms with Crippen molar-refractivity contribution >= 4 is 23.2 Å². The van der Waals surface area contributed by atoms with Gasteiger partial charge in [-0.2, -0.15) is 5.26 Å². The van der Waals surface area contributed by atoms with Gasteiger partial charge >= 0.3 is 0 Å². The number of anilines is 3. The van der Waals surface area contributed by atoms with Crippen LogP contribution in [-0.4, -0.2) is 45.2 Å². The lowest BCUT2D eigenvalue weighted by atomic mass is 9.91. The minimum Gasteiger partial charge on any atom is -0.380 e. The topological polar surface area (TPSA) is 155 Å².